The molecule has 1 aromatic carbocycles. The molecular weight excluding hydrogens is 294 g/mol. The summed E-state index contributed by atoms with van der Waals surface area (Å²) in [6.45, 7) is 3.29. The van der Waals surface area contributed by atoms with Crippen LogP contribution in [-0.2, 0) is 0 Å². The van der Waals surface area contributed by atoms with Crippen molar-refractivity contribution in [3.8, 4) is 11.4 Å². The molecule has 1 fully saturated rings. The Labute approximate surface area is 133 Å². The summed E-state index contributed by atoms with van der Waals surface area (Å²) in [6, 6.07) is 10.1. The van der Waals surface area contributed by atoms with E-state index in [2.05, 4.69) is 15.3 Å². The van der Waals surface area contributed by atoms with Crippen LogP contribution in [0.5, 0.6) is 0 Å². The Balaban J connectivity index is 1.82. The highest BCUT2D eigenvalue weighted by molar-refractivity contribution is 7.08. The number of β-amino-alcohol motifs (C(OH)–C–C–N with tert-alkyl or cyclic N) is 1. The third kappa shape index (κ3) is 2.17. The Bertz CT molecular complexity index is 810. The van der Waals surface area contributed by atoms with Crippen LogP contribution in [0.15, 0.2) is 41.1 Å². The lowest BCUT2D eigenvalue weighted by molar-refractivity contribution is 0.00824. The highest BCUT2D eigenvalue weighted by Crippen LogP contribution is 2.34. The SMILES string of the molecule is CCC1(O)CN(c2nc(-c3ccsc3)nc3ccccc23)C1. The van der Waals surface area contributed by atoms with Crippen LogP contribution in [0, 0.1) is 0 Å². The van der Waals surface area contributed by atoms with Crippen LogP contribution >= 0.6 is 11.3 Å². The number of nitrogens with zero attached hydrogens (tertiary/aromatic N) is 3. The first-order valence-electron chi connectivity index (χ1n) is 7.45. The van der Waals surface area contributed by atoms with Gasteiger partial charge in [0.1, 0.15) is 5.82 Å². The molecule has 1 aliphatic heterocycles. The third-order valence-corrected chi connectivity index (χ3v) is 4.97. The van der Waals surface area contributed by atoms with Crippen molar-refractivity contribution in [1.29, 1.82) is 0 Å². The molecule has 1 saturated heterocycles. The van der Waals surface area contributed by atoms with Gasteiger partial charge < -0.3 is 10.0 Å². The molecule has 1 N–H and O–H groups in total. The number of aromatic nitrogens is 2. The van der Waals surface area contributed by atoms with Gasteiger partial charge in [-0.1, -0.05) is 19.1 Å². The first kappa shape index (κ1) is 13.7. The van der Waals surface area contributed by atoms with E-state index < -0.39 is 5.60 Å². The topological polar surface area (TPSA) is 49.2 Å². The molecular formula is C17H17N3OS. The fourth-order valence-corrected chi connectivity index (χ4v) is 3.49. The molecule has 4 nitrogen and oxygen atoms in total. The van der Waals surface area contributed by atoms with Crippen molar-refractivity contribution in [3.05, 3.63) is 41.1 Å². The summed E-state index contributed by atoms with van der Waals surface area (Å²) in [6.07, 6.45) is 0.768. The molecule has 3 aromatic rings. The number of aliphatic hydroxyl groups is 1. The molecule has 112 valence electrons. The number of fused-ring (bicyclic) bond motifs is 1. The standard InChI is InChI=1S/C17H17N3OS/c1-2-17(21)10-20(11-17)16-13-5-3-4-6-14(13)18-15(19-16)12-7-8-22-9-12/h3-9,21H,2,10-11H2,1H3. The van der Waals surface area contributed by atoms with Gasteiger partial charge in [-0.05, 0) is 30.0 Å². The van der Waals surface area contributed by atoms with Gasteiger partial charge in [-0.3, -0.25) is 0 Å². The maximum absolute atomic E-state index is 10.3. The van der Waals surface area contributed by atoms with Gasteiger partial charge in [-0.25, -0.2) is 9.97 Å². The Morgan fingerprint density at radius 2 is 2.05 bits per heavy atom. The van der Waals surface area contributed by atoms with Crippen molar-refractivity contribution in [2.75, 3.05) is 18.0 Å². The number of thiophene rings is 1. The summed E-state index contributed by atoms with van der Waals surface area (Å²) >= 11 is 1.64. The van der Waals surface area contributed by atoms with E-state index in [1.807, 2.05) is 42.6 Å². The minimum atomic E-state index is -0.575. The van der Waals surface area contributed by atoms with Crippen LogP contribution in [-0.4, -0.2) is 33.8 Å². The first-order valence-corrected chi connectivity index (χ1v) is 8.39. The number of benzene rings is 1. The number of hydrogen-bond donors (Lipinski definition) is 1. The largest absolute Gasteiger partial charge is 0.386 e. The second kappa shape index (κ2) is 5.04. The average molecular weight is 311 g/mol. The van der Waals surface area contributed by atoms with Gasteiger partial charge >= 0.3 is 0 Å². The van der Waals surface area contributed by atoms with Crippen molar-refractivity contribution in [2.45, 2.75) is 18.9 Å². The lowest BCUT2D eigenvalue weighted by Gasteiger charge is -2.47. The number of anilines is 1. The lowest BCUT2D eigenvalue weighted by atomic mass is 9.91. The Kier molecular flexibility index (Phi) is 3.13. The van der Waals surface area contributed by atoms with Gasteiger partial charge in [0, 0.05) is 29.4 Å². The maximum atomic E-state index is 10.3. The predicted octanol–water partition coefficient (Wildman–Crippen LogP) is 3.32. The molecule has 4 rings (SSSR count). The molecule has 0 unspecified atom stereocenters. The Morgan fingerprint density at radius 3 is 2.77 bits per heavy atom. The minimum absolute atomic E-state index is 0.575. The van der Waals surface area contributed by atoms with E-state index >= 15 is 0 Å². The molecule has 3 heterocycles. The summed E-state index contributed by atoms with van der Waals surface area (Å²) in [4.78, 5) is 11.6. The van der Waals surface area contributed by atoms with E-state index in [0.717, 1.165) is 34.5 Å². The molecule has 0 amide bonds. The number of rotatable bonds is 3. The fraction of sp³-hybridized carbons (Fsp3) is 0.294. The fourth-order valence-electron chi connectivity index (χ4n) is 2.86. The molecule has 0 bridgehead atoms. The quantitative estimate of drug-likeness (QED) is 0.806. The van der Waals surface area contributed by atoms with Crippen molar-refractivity contribution in [1.82, 2.24) is 9.97 Å². The average Bonchev–Trinajstić information content (AvgIpc) is 3.05. The molecule has 0 aliphatic carbocycles. The highest BCUT2D eigenvalue weighted by Gasteiger charge is 2.40. The Hall–Kier alpha value is -1.98. The Morgan fingerprint density at radius 1 is 1.23 bits per heavy atom. The van der Waals surface area contributed by atoms with Crippen LogP contribution in [0.3, 0.4) is 0 Å². The van der Waals surface area contributed by atoms with Crippen molar-refractivity contribution >= 4 is 28.1 Å². The van der Waals surface area contributed by atoms with E-state index in [9.17, 15) is 5.11 Å². The summed E-state index contributed by atoms with van der Waals surface area (Å²) in [5.41, 5.74) is 1.41. The molecule has 0 saturated carbocycles. The van der Waals surface area contributed by atoms with Gasteiger partial charge in [0.05, 0.1) is 11.1 Å². The summed E-state index contributed by atoms with van der Waals surface area (Å²) in [5.74, 6) is 1.67. The van der Waals surface area contributed by atoms with Crippen LogP contribution in [0.2, 0.25) is 0 Å². The van der Waals surface area contributed by atoms with Gasteiger partial charge in [-0.2, -0.15) is 11.3 Å². The van der Waals surface area contributed by atoms with E-state index in [0.29, 0.717) is 13.1 Å². The van der Waals surface area contributed by atoms with Gasteiger partial charge in [0.15, 0.2) is 5.82 Å². The summed E-state index contributed by atoms with van der Waals surface area (Å²) < 4.78 is 0. The zero-order valence-corrected chi connectivity index (χ0v) is 13.2. The zero-order valence-electron chi connectivity index (χ0n) is 12.4. The van der Waals surface area contributed by atoms with Gasteiger partial charge in [0.25, 0.3) is 0 Å². The predicted molar refractivity (Wildman–Crippen MR) is 90.3 cm³/mol. The molecule has 0 spiro atoms. The molecule has 0 atom stereocenters. The van der Waals surface area contributed by atoms with E-state index in [-0.39, 0.29) is 0 Å². The molecule has 2 aromatic heterocycles. The van der Waals surface area contributed by atoms with Gasteiger partial charge in [0.2, 0.25) is 0 Å². The van der Waals surface area contributed by atoms with Crippen molar-refractivity contribution in [3.63, 3.8) is 0 Å². The monoisotopic (exact) mass is 311 g/mol. The summed E-state index contributed by atoms with van der Waals surface area (Å²) in [5, 5.41) is 15.4. The number of hydrogen-bond acceptors (Lipinski definition) is 5. The van der Waals surface area contributed by atoms with E-state index in [1.165, 1.54) is 0 Å². The van der Waals surface area contributed by atoms with Crippen LogP contribution in [0.25, 0.3) is 22.3 Å². The maximum Gasteiger partial charge on any atom is 0.162 e. The lowest BCUT2D eigenvalue weighted by Crippen LogP contribution is -2.62. The van der Waals surface area contributed by atoms with Crippen molar-refractivity contribution in [2.24, 2.45) is 0 Å². The summed E-state index contributed by atoms with van der Waals surface area (Å²) in [7, 11) is 0. The van der Waals surface area contributed by atoms with Crippen molar-refractivity contribution < 1.29 is 5.11 Å². The van der Waals surface area contributed by atoms with Gasteiger partial charge in [-0.15, -0.1) is 0 Å². The van der Waals surface area contributed by atoms with Crippen LogP contribution in [0.4, 0.5) is 5.82 Å². The molecule has 0 radical (unpaired) electrons. The smallest absolute Gasteiger partial charge is 0.162 e. The molecule has 1 aliphatic rings. The first-order chi connectivity index (χ1) is 10.7. The second-order valence-corrected chi connectivity index (χ2v) is 6.61. The zero-order chi connectivity index (χ0) is 15.2. The highest BCUT2D eigenvalue weighted by atomic mass is 32.1. The third-order valence-electron chi connectivity index (χ3n) is 4.29. The second-order valence-electron chi connectivity index (χ2n) is 5.83. The normalized spacial score (nSPS) is 16.7. The van der Waals surface area contributed by atoms with E-state index in [1.54, 1.807) is 11.3 Å². The van der Waals surface area contributed by atoms with E-state index in [4.69, 9.17) is 4.98 Å². The minimum Gasteiger partial charge on any atom is -0.386 e. The molecule has 5 heteroatoms. The number of para-hydroxylation sites is 1. The van der Waals surface area contributed by atoms with Crippen LogP contribution < -0.4 is 4.90 Å². The molecule has 22 heavy (non-hydrogen) atoms. The van der Waals surface area contributed by atoms with Crippen LogP contribution in [0.1, 0.15) is 13.3 Å².